The fraction of sp³-hybridized carbons (Fsp3) is 0.625. The van der Waals surface area contributed by atoms with Crippen LogP contribution in [0.1, 0.15) is 97.3 Å². The van der Waals surface area contributed by atoms with Crippen LogP contribution in [0.5, 0.6) is 0 Å². The molecule has 4 N–H and O–H groups in total. The van der Waals surface area contributed by atoms with Crippen molar-refractivity contribution in [2.45, 2.75) is 134 Å². The van der Waals surface area contributed by atoms with E-state index in [-0.39, 0.29) is 19.6 Å². The van der Waals surface area contributed by atoms with Gasteiger partial charge in [0.25, 0.3) is 0 Å². The van der Waals surface area contributed by atoms with E-state index in [4.69, 9.17) is 18.9 Å². The molecule has 9 heteroatoms. The lowest BCUT2D eigenvalue weighted by molar-refractivity contribution is -0.305. The van der Waals surface area contributed by atoms with Gasteiger partial charge in [0, 0.05) is 13.0 Å². The summed E-state index contributed by atoms with van der Waals surface area (Å²) in [6.45, 7) is 3.76. The van der Waals surface area contributed by atoms with Crippen LogP contribution in [-0.4, -0.2) is 89.6 Å². The van der Waals surface area contributed by atoms with Crippen molar-refractivity contribution in [3.8, 4) is 0 Å². The molecule has 0 aliphatic carbocycles. The van der Waals surface area contributed by atoms with Gasteiger partial charge in [-0.3, -0.25) is 4.79 Å². The van der Waals surface area contributed by atoms with Gasteiger partial charge in [-0.15, -0.1) is 0 Å². The van der Waals surface area contributed by atoms with Crippen molar-refractivity contribution < 1.29 is 44.2 Å². The second kappa shape index (κ2) is 31.4. The van der Waals surface area contributed by atoms with Gasteiger partial charge in [-0.1, -0.05) is 112 Å². The Morgan fingerprint density at radius 2 is 1.16 bits per heavy atom. The molecule has 1 heterocycles. The van der Waals surface area contributed by atoms with Gasteiger partial charge < -0.3 is 39.4 Å². The minimum atomic E-state index is -1.54. The van der Waals surface area contributed by atoms with Crippen LogP contribution in [0.4, 0.5) is 0 Å². The highest BCUT2D eigenvalue weighted by Gasteiger charge is 2.44. The van der Waals surface area contributed by atoms with Crippen molar-refractivity contribution in [3.05, 3.63) is 85.1 Å². The summed E-state index contributed by atoms with van der Waals surface area (Å²) in [5, 5.41) is 39.3. The van der Waals surface area contributed by atoms with E-state index in [2.05, 4.69) is 92.0 Å². The second-order valence-electron chi connectivity index (χ2n) is 11.9. The molecule has 0 aromatic rings. The molecule has 1 rings (SSSR count). The van der Waals surface area contributed by atoms with Crippen molar-refractivity contribution in [2.75, 3.05) is 26.4 Å². The standard InChI is InChI=1S/C40H64O9/c1-3-5-6-7-8-9-10-11-12-13-14-15-16-17-18-19-20-21-22-23-24-25-26-27-28-29-30-46-32-34(48-36(42)4-2)33-47-40-39(45)38(44)37(43)35(31-41)49-40/h5-6,8-9,11-12,14-15,17-18,20-21,23-24,34-35,37-41,43-45H,3-4,7,10,13,16,19,22,25-33H2,1-2H3/b6-5-,9-8-,12-11-,15-14-,18-17-,21-20-,24-23-. The van der Waals surface area contributed by atoms with Crippen LogP contribution in [0.3, 0.4) is 0 Å². The first-order valence-electron chi connectivity index (χ1n) is 18.2. The van der Waals surface area contributed by atoms with E-state index >= 15 is 0 Å². The Balaban J connectivity index is 2.07. The monoisotopic (exact) mass is 688 g/mol. The number of allylic oxidation sites excluding steroid dienone is 14. The van der Waals surface area contributed by atoms with Crippen LogP contribution in [-0.2, 0) is 23.7 Å². The molecule has 9 nitrogen and oxygen atoms in total. The van der Waals surface area contributed by atoms with Crippen LogP contribution in [0, 0.1) is 0 Å². The van der Waals surface area contributed by atoms with E-state index in [1.54, 1.807) is 6.92 Å². The van der Waals surface area contributed by atoms with Crippen molar-refractivity contribution in [2.24, 2.45) is 0 Å². The smallest absolute Gasteiger partial charge is 0.305 e. The lowest BCUT2D eigenvalue weighted by Gasteiger charge is -2.39. The normalized spacial score (nSPS) is 22.8. The quantitative estimate of drug-likeness (QED) is 0.0401. The Kier molecular flexibility index (Phi) is 28.4. The predicted octanol–water partition coefficient (Wildman–Crippen LogP) is 6.74. The lowest BCUT2D eigenvalue weighted by Crippen LogP contribution is -2.59. The maximum absolute atomic E-state index is 11.9. The SMILES string of the molecule is CC/C=C\C/C=C\C/C=C\C/C=C\C/C=C\C/C=C\C/C=C\CCCCCCOCC(COC1OC(CO)C(O)C(O)C1O)OC(=O)CC. The number of aliphatic hydroxyl groups excluding tert-OH is 4. The maximum atomic E-state index is 11.9. The van der Waals surface area contributed by atoms with Crippen LogP contribution in [0.15, 0.2) is 85.1 Å². The van der Waals surface area contributed by atoms with E-state index in [1.165, 1.54) is 0 Å². The summed E-state index contributed by atoms with van der Waals surface area (Å²) in [7, 11) is 0. The zero-order chi connectivity index (χ0) is 35.8. The third-order valence-corrected chi connectivity index (χ3v) is 7.63. The highest BCUT2D eigenvalue weighted by Crippen LogP contribution is 2.22. The summed E-state index contributed by atoms with van der Waals surface area (Å²) in [5.74, 6) is -0.417. The van der Waals surface area contributed by atoms with Gasteiger partial charge in [0.15, 0.2) is 6.29 Å². The summed E-state index contributed by atoms with van der Waals surface area (Å²) < 4.78 is 22.0. The van der Waals surface area contributed by atoms with Crippen LogP contribution in [0.25, 0.3) is 0 Å². The lowest BCUT2D eigenvalue weighted by atomic mass is 9.99. The highest BCUT2D eigenvalue weighted by atomic mass is 16.7. The Bertz CT molecular complexity index is 1010. The summed E-state index contributed by atoms with van der Waals surface area (Å²) in [6, 6.07) is 0. The van der Waals surface area contributed by atoms with Crippen LogP contribution in [0.2, 0.25) is 0 Å². The molecule has 0 aromatic heterocycles. The van der Waals surface area contributed by atoms with E-state index in [0.29, 0.717) is 6.61 Å². The van der Waals surface area contributed by atoms with Crippen molar-refractivity contribution in [1.29, 1.82) is 0 Å². The van der Waals surface area contributed by atoms with Gasteiger partial charge in [-0.2, -0.15) is 0 Å². The minimum absolute atomic E-state index is 0.112. The van der Waals surface area contributed by atoms with Gasteiger partial charge in [0.05, 0.1) is 19.8 Å². The fourth-order valence-electron chi connectivity index (χ4n) is 4.74. The molecule has 0 bridgehead atoms. The van der Waals surface area contributed by atoms with E-state index in [0.717, 1.165) is 77.0 Å². The first-order valence-corrected chi connectivity index (χ1v) is 18.2. The van der Waals surface area contributed by atoms with Crippen LogP contribution < -0.4 is 0 Å². The average molecular weight is 689 g/mol. The molecular formula is C40H64O9. The molecule has 1 aliphatic heterocycles. The number of ether oxygens (including phenoxy) is 4. The van der Waals surface area contributed by atoms with Gasteiger partial charge in [0.2, 0.25) is 0 Å². The van der Waals surface area contributed by atoms with Gasteiger partial charge in [-0.25, -0.2) is 0 Å². The Labute approximate surface area is 295 Å². The molecule has 0 aromatic carbocycles. The molecular weight excluding hydrogens is 624 g/mol. The third-order valence-electron chi connectivity index (χ3n) is 7.63. The number of esters is 1. The minimum Gasteiger partial charge on any atom is -0.457 e. The number of hydrogen-bond acceptors (Lipinski definition) is 9. The molecule has 1 saturated heterocycles. The Morgan fingerprint density at radius 3 is 1.67 bits per heavy atom. The van der Waals surface area contributed by atoms with Gasteiger partial charge >= 0.3 is 5.97 Å². The number of unbranched alkanes of at least 4 members (excludes halogenated alkanes) is 4. The van der Waals surface area contributed by atoms with Gasteiger partial charge in [0.1, 0.15) is 30.5 Å². The molecule has 1 fully saturated rings. The number of carbonyl (C=O) groups excluding carboxylic acids is 1. The average Bonchev–Trinajstić information content (AvgIpc) is 3.11. The molecule has 0 saturated carbocycles. The van der Waals surface area contributed by atoms with E-state index in [1.807, 2.05) is 0 Å². The Morgan fingerprint density at radius 1 is 0.653 bits per heavy atom. The molecule has 49 heavy (non-hydrogen) atoms. The molecule has 0 spiro atoms. The number of carbonyl (C=O) groups is 1. The summed E-state index contributed by atoms with van der Waals surface area (Å²) in [5.41, 5.74) is 0. The van der Waals surface area contributed by atoms with Gasteiger partial charge in [-0.05, 0) is 64.2 Å². The molecule has 6 atom stereocenters. The largest absolute Gasteiger partial charge is 0.457 e. The molecule has 0 amide bonds. The predicted molar refractivity (Wildman–Crippen MR) is 196 cm³/mol. The van der Waals surface area contributed by atoms with Crippen molar-refractivity contribution in [3.63, 3.8) is 0 Å². The zero-order valence-electron chi connectivity index (χ0n) is 29.9. The summed E-state index contributed by atoms with van der Waals surface area (Å²) >= 11 is 0. The molecule has 0 radical (unpaired) electrons. The van der Waals surface area contributed by atoms with E-state index < -0.39 is 49.4 Å². The number of rotatable bonds is 28. The first-order chi connectivity index (χ1) is 23.9. The number of hydrogen-bond donors (Lipinski definition) is 4. The topological polar surface area (TPSA) is 135 Å². The maximum Gasteiger partial charge on any atom is 0.305 e. The Hall–Kier alpha value is -2.63. The first kappa shape index (κ1) is 44.4. The second-order valence-corrected chi connectivity index (χ2v) is 11.9. The van der Waals surface area contributed by atoms with Crippen molar-refractivity contribution in [1.82, 2.24) is 0 Å². The molecule has 6 unspecified atom stereocenters. The summed E-state index contributed by atoms with van der Waals surface area (Å²) in [6.07, 6.45) is 35.6. The zero-order valence-corrected chi connectivity index (χ0v) is 29.9. The van der Waals surface area contributed by atoms with Crippen LogP contribution >= 0.6 is 0 Å². The van der Waals surface area contributed by atoms with E-state index in [9.17, 15) is 25.2 Å². The summed E-state index contributed by atoms with van der Waals surface area (Å²) in [4.78, 5) is 11.9. The fourth-order valence-corrected chi connectivity index (χ4v) is 4.74. The number of aliphatic hydroxyl groups is 4. The van der Waals surface area contributed by atoms with Crippen molar-refractivity contribution >= 4 is 5.97 Å². The highest BCUT2D eigenvalue weighted by molar-refractivity contribution is 5.69. The molecule has 278 valence electrons. The third kappa shape index (κ3) is 23.4. The molecule has 1 aliphatic rings.